The van der Waals surface area contributed by atoms with Crippen LogP contribution in [0.4, 0.5) is 0 Å². The van der Waals surface area contributed by atoms with E-state index in [-0.39, 0.29) is 0 Å². The van der Waals surface area contributed by atoms with Crippen molar-refractivity contribution in [3.8, 4) is 5.75 Å². The van der Waals surface area contributed by atoms with Crippen LogP contribution in [0.5, 0.6) is 5.75 Å². The third kappa shape index (κ3) is 1.23. The highest BCUT2D eigenvalue weighted by Gasteiger charge is 2.45. The van der Waals surface area contributed by atoms with E-state index in [9.17, 15) is 5.11 Å². The average molecular weight is 217 g/mol. The monoisotopic (exact) mass is 217 g/mol. The number of aromatic hydroxyl groups is 1. The van der Waals surface area contributed by atoms with Gasteiger partial charge in [-0.15, -0.1) is 0 Å². The van der Waals surface area contributed by atoms with Crippen LogP contribution in [0.1, 0.15) is 43.9 Å². The minimum atomic E-state index is 0.296. The number of phenolic OH excluding ortho intramolecular Hbond substituents is 1. The quantitative estimate of drug-likeness (QED) is 0.782. The zero-order valence-corrected chi connectivity index (χ0v) is 10.0. The minimum absolute atomic E-state index is 0.296. The van der Waals surface area contributed by atoms with Crippen molar-refractivity contribution >= 4 is 0 Å². The van der Waals surface area contributed by atoms with Gasteiger partial charge in [-0.1, -0.05) is 19.9 Å². The first kappa shape index (κ1) is 10.2. The average Bonchev–Trinajstić information content (AvgIpc) is 2.49. The first-order valence-electron chi connectivity index (χ1n) is 6.21. The molecule has 1 N–H and O–H groups in total. The van der Waals surface area contributed by atoms with E-state index >= 15 is 0 Å². The van der Waals surface area contributed by atoms with Gasteiger partial charge in [-0.3, -0.25) is 4.90 Å². The summed E-state index contributed by atoms with van der Waals surface area (Å²) in [5, 5.41) is 9.64. The highest BCUT2D eigenvalue weighted by Crippen LogP contribution is 2.53. The van der Waals surface area contributed by atoms with Crippen molar-refractivity contribution in [1.82, 2.24) is 4.90 Å². The fourth-order valence-corrected chi connectivity index (χ4v) is 3.49. The molecule has 1 fully saturated rings. The van der Waals surface area contributed by atoms with Crippen LogP contribution in [0.25, 0.3) is 0 Å². The van der Waals surface area contributed by atoms with E-state index in [0.29, 0.717) is 17.2 Å². The first-order chi connectivity index (χ1) is 7.64. The molecule has 1 heterocycles. The van der Waals surface area contributed by atoms with E-state index in [1.54, 1.807) is 0 Å². The maximum absolute atomic E-state index is 9.64. The summed E-state index contributed by atoms with van der Waals surface area (Å²) < 4.78 is 0. The molecular formula is C14H19NO. The molecular weight excluding hydrogens is 198 g/mol. The number of fused-ring (bicyclic) bond motifs is 5. The van der Waals surface area contributed by atoms with Crippen LogP contribution in [-0.2, 0) is 5.41 Å². The number of rotatable bonds is 1. The third-order valence-corrected chi connectivity index (χ3v) is 4.49. The number of hydrogen-bond donors (Lipinski definition) is 1. The van der Waals surface area contributed by atoms with Gasteiger partial charge >= 0.3 is 0 Å². The van der Waals surface area contributed by atoms with Gasteiger partial charge in [0.2, 0.25) is 0 Å². The molecule has 86 valence electrons. The van der Waals surface area contributed by atoms with E-state index in [1.165, 1.54) is 30.5 Å². The number of nitrogens with zero attached hydrogens (tertiary/aromatic N) is 1. The van der Waals surface area contributed by atoms with Gasteiger partial charge in [0.15, 0.2) is 0 Å². The maximum Gasteiger partial charge on any atom is 0.115 e. The second-order valence-corrected chi connectivity index (χ2v) is 5.43. The molecule has 0 saturated carbocycles. The molecule has 3 rings (SSSR count). The normalized spacial score (nSPS) is 32.8. The molecule has 2 bridgehead atoms. The second-order valence-electron chi connectivity index (χ2n) is 5.43. The molecule has 0 spiro atoms. The van der Waals surface area contributed by atoms with Gasteiger partial charge in [-0.25, -0.2) is 0 Å². The lowest BCUT2D eigenvalue weighted by molar-refractivity contribution is 0.129. The smallest absolute Gasteiger partial charge is 0.115 e. The number of piperidine rings is 1. The van der Waals surface area contributed by atoms with Crippen molar-refractivity contribution in [2.24, 2.45) is 0 Å². The molecule has 1 aromatic carbocycles. The van der Waals surface area contributed by atoms with E-state index in [2.05, 4.69) is 24.8 Å². The molecule has 2 unspecified atom stereocenters. The summed E-state index contributed by atoms with van der Waals surface area (Å²) in [4.78, 5) is 2.56. The Kier molecular flexibility index (Phi) is 2.05. The summed E-state index contributed by atoms with van der Waals surface area (Å²) in [6.45, 7) is 6.90. The molecule has 1 aliphatic carbocycles. The molecule has 1 aliphatic heterocycles. The summed E-state index contributed by atoms with van der Waals surface area (Å²) >= 11 is 0. The molecule has 0 radical (unpaired) electrons. The zero-order chi connectivity index (χ0) is 11.3. The van der Waals surface area contributed by atoms with Gasteiger partial charge in [0.1, 0.15) is 5.75 Å². The Bertz CT molecular complexity index is 429. The fraction of sp³-hybridized carbons (Fsp3) is 0.571. The van der Waals surface area contributed by atoms with Crippen molar-refractivity contribution in [3.05, 3.63) is 29.3 Å². The number of likely N-dealkylation sites (tertiary alicyclic amines) is 1. The Morgan fingerprint density at radius 1 is 1.50 bits per heavy atom. The Balaban J connectivity index is 2.13. The highest BCUT2D eigenvalue weighted by atomic mass is 16.3. The third-order valence-electron chi connectivity index (χ3n) is 4.49. The van der Waals surface area contributed by atoms with Gasteiger partial charge in [0.05, 0.1) is 0 Å². The Morgan fingerprint density at radius 3 is 3.06 bits per heavy atom. The Morgan fingerprint density at radius 2 is 2.31 bits per heavy atom. The lowest BCUT2D eigenvalue weighted by atomic mass is 9.79. The predicted octanol–water partition coefficient (Wildman–Crippen LogP) is 2.82. The number of phenols is 1. The van der Waals surface area contributed by atoms with Crippen LogP contribution < -0.4 is 0 Å². The lowest BCUT2D eigenvalue weighted by Crippen LogP contribution is -2.37. The van der Waals surface area contributed by atoms with Crippen molar-refractivity contribution in [2.45, 2.75) is 38.1 Å². The summed E-state index contributed by atoms with van der Waals surface area (Å²) in [7, 11) is 0. The number of hydrogen-bond acceptors (Lipinski definition) is 2. The number of benzene rings is 1. The molecule has 2 atom stereocenters. The molecule has 1 saturated heterocycles. The van der Waals surface area contributed by atoms with Gasteiger partial charge in [-0.05, 0) is 54.6 Å². The molecule has 2 nitrogen and oxygen atoms in total. The molecule has 1 aromatic rings. The summed E-state index contributed by atoms with van der Waals surface area (Å²) in [5.41, 5.74) is 3.12. The van der Waals surface area contributed by atoms with Crippen LogP contribution in [-0.4, -0.2) is 23.1 Å². The fourth-order valence-electron chi connectivity index (χ4n) is 3.49. The van der Waals surface area contributed by atoms with Crippen molar-refractivity contribution < 1.29 is 5.11 Å². The van der Waals surface area contributed by atoms with Crippen LogP contribution in [0.2, 0.25) is 0 Å². The SMILES string of the molecule is CCN1CCC2(C)CC1c1ccc(O)cc12. The summed E-state index contributed by atoms with van der Waals surface area (Å²) in [6.07, 6.45) is 2.44. The summed E-state index contributed by atoms with van der Waals surface area (Å²) in [6, 6.07) is 6.51. The predicted molar refractivity (Wildman–Crippen MR) is 64.7 cm³/mol. The molecule has 2 heteroatoms. The summed E-state index contributed by atoms with van der Waals surface area (Å²) in [5.74, 6) is 0.413. The standard InChI is InChI=1S/C14H19NO/c1-3-15-7-6-14(2)9-13(15)11-5-4-10(16)8-12(11)14/h4-5,8,13,16H,3,6-7,9H2,1-2H3. The molecule has 2 aliphatic rings. The van der Waals surface area contributed by atoms with Crippen LogP contribution >= 0.6 is 0 Å². The second kappa shape index (κ2) is 3.24. The Hall–Kier alpha value is -1.02. The lowest BCUT2D eigenvalue weighted by Gasteiger charge is -2.37. The zero-order valence-electron chi connectivity index (χ0n) is 10.0. The van der Waals surface area contributed by atoms with Crippen molar-refractivity contribution in [1.29, 1.82) is 0 Å². The van der Waals surface area contributed by atoms with Crippen molar-refractivity contribution in [2.75, 3.05) is 13.1 Å². The van der Waals surface area contributed by atoms with Gasteiger partial charge in [0.25, 0.3) is 0 Å². The maximum atomic E-state index is 9.64. The first-order valence-corrected chi connectivity index (χ1v) is 6.21. The van der Waals surface area contributed by atoms with Gasteiger partial charge in [0, 0.05) is 6.04 Å². The van der Waals surface area contributed by atoms with Crippen LogP contribution in [0, 0.1) is 0 Å². The van der Waals surface area contributed by atoms with E-state index < -0.39 is 0 Å². The molecule has 0 aromatic heterocycles. The highest BCUT2D eigenvalue weighted by molar-refractivity contribution is 5.46. The topological polar surface area (TPSA) is 23.5 Å². The van der Waals surface area contributed by atoms with Crippen LogP contribution in [0.15, 0.2) is 18.2 Å². The van der Waals surface area contributed by atoms with E-state index in [4.69, 9.17) is 0 Å². The Labute approximate surface area is 96.9 Å². The van der Waals surface area contributed by atoms with Crippen LogP contribution in [0.3, 0.4) is 0 Å². The van der Waals surface area contributed by atoms with Gasteiger partial charge < -0.3 is 5.11 Å². The van der Waals surface area contributed by atoms with Crippen molar-refractivity contribution in [3.63, 3.8) is 0 Å². The van der Waals surface area contributed by atoms with Gasteiger partial charge in [-0.2, -0.15) is 0 Å². The molecule has 16 heavy (non-hydrogen) atoms. The largest absolute Gasteiger partial charge is 0.508 e. The molecule has 0 amide bonds. The van der Waals surface area contributed by atoms with E-state index in [1.807, 2.05) is 12.1 Å². The van der Waals surface area contributed by atoms with E-state index in [0.717, 1.165) is 6.54 Å². The minimum Gasteiger partial charge on any atom is -0.508 e.